The molecule has 1 aromatic heterocycles. The number of piperidine rings is 3. The van der Waals surface area contributed by atoms with Crippen molar-refractivity contribution in [3.05, 3.63) is 47.7 Å². The van der Waals surface area contributed by atoms with Crippen molar-refractivity contribution in [2.75, 3.05) is 19.6 Å². The molecular weight excluding hydrogens is 348 g/mol. The standard InChI is InChI=1S/C21H26N2O2.ClH/c1-14(2)15-3-5-17(6-4-15)19-7-8-20(25-19)21(24)22-18-13-23-11-9-16(18)10-12-23;/h3-8,14,16,18H,9-13H2,1-2H3,(H,22,24);1H/t18-;/m0./s1. The summed E-state index contributed by atoms with van der Waals surface area (Å²) in [5.74, 6) is 2.18. The van der Waals surface area contributed by atoms with Crippen molar-refractivity contribution in [3.63, 3.8) is 0 Å². The Morgan fingerprint density at radius 3 is 2.38 bits per heavy atom. The van der Waals surface area contributed by atoms with Gasteiger partial charge in [0.15, 0.2) is 5.76 Å². The van der Waals surface area contributed by atoms with Crippen LogP contribution in [0.2, 0.25) is 0 Å². The van der Waals surface area contributed by atoms with E-state index in [-0.39, 0.29) is 24.4 Å². The van der Waals surface area contributed by atoms with Gasteiger partial charge in [-0.15, -0.1) is 12.4 Å². The van der Waals surface area contributed by atoms with Crippen LogP contribution in [0.3, 0.4) is 0 Å². The third-order valence-electron chi connectivity index (χ3n) is 5.66. The molecule has 4 heterocycles. The second-order valence-electron chi connectivity index (χ2n) is 7.66. The molecule has 2 aromatic rings. The number of fused-ring (bicyclic) bond motifs is 3. The summed E-state index contributed by atoms with van der Waals surface area (Å²) in [6.45, 7) is 7.68. The Balaban J connectivity index is 0.00000196. The molecule has 0 unspecified atom stereocenters. The van der Waals surface area contributed by atoms with Gasteiger partial charge in [-0.1, -0.05) is 38.1 Å². The number of amides is 1. The van der Waals surface area contributed by atoms with Crippen LogP contribution in [0.5, 0.6) is 0 Å². The minimum absolute atomic E-state index is 0. The Kier molecular flexibility index (Phi) is 5.73. The van der Waals surface area contributed by atoms with E-state index in [1.165, 1.54) is 31.5 Å². The highest BCUT2D eigenvalue weighted by Crippen LogP contribution is 2.28. The first-order valence-electron chi connectivity index (χ1n) is 9.33. The van der Waals surface area contributed by atoms with Crippen molar-refractivity contribution < 1.29 is 9.21 Å². The minimum atomic E-state index is -0.0937. The predicted molar refractivity (Wildman–Crippen MR) is 106 cm³/mol. The summed E-state index contributed by atoms with van der Waals surface area (Å²) in [4.78, 5) is 15.0. The summed E-state index contributed by atoms with van der Waals surface area (Å²) in [6.07, 6.45) is 2.38. The van der Waals surface area contributed by atoms with Crippen molar-refractivity contribution in [3.8, 4) is 11.3 Å². The fraction of sp³-hybridized carbons (Fsp3) is 0.476. The van der Waals surface area contributed by atoms with Gasteiger partial charge in [0, 0.05) is 18.2 Å². The second kappa shape index (κ2) is 7.85. The van der Waals surface area contributed by atoms with Gasteiger partial charge >= 0.3 is 0 Å². The Hall–Kier alpha value is -1.78. The van der Waals surface area contributed by atoms with E-state index in [0.717, 1.165) is 17.9 Å². The van der Waals surface area contributed by atoms with Gasteiger partial charge in [-0.2, -0.15) is 0 Å². The van der Waals surface area contributed by atoms with E-state index in [9.17, 15) is 4.79 Å². The molecule has 2 bridgehead atoms. The average Bonchev–Trinajstić information content (AvgIpc) is 3.13. The maximum atomic E-state index is 12.6. The normalized spacial score (nSPS) is 24.3. The zero-order chi connectivity index (χ0) is 17.4. The fourth-order valence-corrected chi connectivity index (χ4v) is 4.02. The number of carbonyl (C=O) groups is 1. The molecule has 0 saturated carbocycles. The van der Waals surface area contributed by atoms with Gasteiger partial charge in [-0.25, -0.2) is 0 Å². The van der Waals surface area contributed by atoms with E-state index in [1.54, 1.807) is 6.07 Å². The Bertz CT molecular complexity index is 746. The molecule has 5 heteroatoms. The largest absolute Gasteiger partial charge is 0.451 e. The van der Waals surface area contributed by atoms with Gasteiger partial charge in [0.1, 0.15) is 5.76 Å². The molecule has 5 rings (SSSR count). The fourth-order valence-electron chi connectivity index (χ4n) is 4.02. The highest BCUT2D eigenvalue weighted by atomic mass is 35.5. The zero-order valence-electron chi connectivity index (χ0n) is 15.4. The number of benzene rings is 1. The van der Waals surface area contributed by atoms with Gasteiger partial charge in [0.05, 0.1) is 0 Å². The third kappa shape index (κ3) is 3.81. The number of rotatable bonds is 4. The van der Waals surface area contributed by atoms with Gasteiger partial charge in [-0.05, 0) is 55.5 Å². The SMILES string of the molecule is CC(C)c1ccc(-c2ccc(C(=O)N[C@H]3CN4CCC3CC4)o2)cc1.Cl. The Morgan fingerprint density at radius 2 is 1.81 bits per heavy atom. The molecule has 3 saturated heterocycles. The number of nitrogens with one attached hydrogen (secondary N) is 1. The van der Waals surface area contributed by atoms with Crippen LogP contribution in [0, 0.1) is 5.92 Å². The minimum Gasteiger partial charge on any atom is -0.451 e. The van der Waals surface area contributed by atoms with Crippen molar-refractivity contribution >= 4 is 18.3 Å². The summed E-state index contributed by atoms with van der Waals surface area (Å²) >= 11 is 0. The third-order valence-corrected chi connectivity index (χ3v) is 5.66. The molecule has 0 aliphatic carbocycles. The quantitative estimate of drug-likeness (QED) is 0.867. The molecular formula is C21H27ClN2O2. The lowest BCUT2D eigenvalue weighted by Crippen LogP contribution is -2.57. The van der Waals surface area contributed by atoms with Crippen molar-refractivity contribution in [2.24, 2.45) is 5.92 Å². The topological polar surface area (TPSA) is 45.5 Å². The summed E-state index contributed by atoms with van der Waals surface area (Å²) in [5.41, 5.74) is 2.31. The lowest BCUT2D eigenvalue weighted by Gasteiger charge is -2.44. The number of nitrogens with zero attached hydrogens (tertiary/aromatic N) is 1. The predicted octanol–water partition coefficient (Wildman–Crippen LogP) is 4.32. The second-order valence-corrected chi connectivity index (χ2v) is 7.66. The summed E-state index contributed by atoms with van der Waals surface area (Å²) in [7, 11) is 0. The van der Waals surface area contributed by atoms with Crippen LogP contribution in [0.25, 0.3) is 11.3 Å². The monoisotopic (exact) mass is 374 g/mol. The first kappa shape index (κ1) is 19.0. The molecule has 1 amide bonds. The van der Waals surface area contributed by atoms with Gasteiger partial charge in [0.25, 0.3) is 5.91 Å². The number of halogens is 1. The molecule has 4 nitrogen and oxygen atoms in total. The molecule has 3 aliphatic heterocycles. The van der Waals surface area contributed by atoms with Crippen LogP contribution >= 0.6 is 12.4 Å². The number of furan rings is 1. The average molecular weight is 375 g/mol. The highest BCUT2D eigenvalue weighted by molar-refractivity contribution is 5.92. The number of hydrogen-bond donors (Lipinski definition) is 1. The molecule has 3 aliphatic rings. The van der Waals surface area contributed by atoms with Gasteiger partial charge < -0.3 is 14.6 Å². The number of carbonyl (C=O) groups excluding carboxylic acids is 1. The van der Waals surface area contributed by atoms with E-state index in [0.29, 0.717) is 17.6 Å². The van der Waals surface area contributed by atoms with Crippen molar-refractivity contribution in [1.82, 2.24) is 10.2 Å². The van der Waals surface area contributed by atoms with Gasteiger partial charge in [0.2, 0.25) is 0 Å². The molecule has 1 N–H and O–H groups in total. The van der Waals surface area contributed by atoms with E-state index in [4.69, 9.17) is 4.42 Å². The first-order valence-corrected chi connectivity index (χ1v) is 9.33. The van der Waals surface area contributed by atoms with Crippen LogP contribution in [0.4, 0.5) is 0 Å². The van der Waals surface area contributed by atoms with E-state index in [2.05, 4.69) is 48.3 Å². The molecule has 1 atom stereocenters. The van der Waals surface area contributed by atoms with Gasteiger partial charge in [-0.3, -0.25) is 4.79 Å². The maximum Gasteiger partial charge on any atom is 0.287 e. The molecule has 0 spiro atoms. The van der Waals surface area contributed by atoms with E-state index in [1.807, 2.05) is 6.07 Å². The molecule has 3 fully saturated rings. The van der Waals surface area contributed by atoms with Crippen molar-refractivity contribution in [1.29, 1.82) is 0 Å². The molecule has 1 aromatic carbocycles. The lowest BCUT2D eigenvalue weighted by atomic mass is 9.84. The Labute approximate surface area is 161 Å². The number of hydrogen-bond acceptors (Lipinski definition) is 3. The zero-order valence-corrected chi connectivity index (χ0v) is 16.2. The van der Waals surface area contributed by atoms with Crippen LogP contribution in [-0.4, -0.2) is 36.5 Å². The smallest absolute Gasteiger partial charge is 0.287 e. The summed E-state index contributed by atoms with van der Waals surface area (Å²) < 4.78 is 5.83. The molecule has 0 radical (unpaired) electrons. The van der Waals surface area contributed by atoms with E-state index < -0.39 is 0 Å². The van der Waals surface area contributed by atoms with Crippen LogP contribution in [-0.2, 0) is 0 Å². The maximum absolute atomic E-state index is 12.6. The first-order chi connectivity index (χ1) is 12.1. The highest BCUT2D eigenvalue weighted by Gasteiger charge is 2.35. The van der Waals surface area contributed by atoms with Crippen LogP contribution in [0.15, 0.2) is 40.8 Å². The van der Waals surface area contributed by atoms with Crippen LogP contribution in [0.1, 0.15) is 48.7 Å². The molecule has 26 heavy (non-hydrogen) atoms. The Morgan fingerprint density at radius 1 is 1.12 bits per heavy atom. The van der Waals surface area contributed by atoms with Crippen molar-refractivity contribution in [2.45, 2.75) is 38.6 Å². The summed E-state index contributed by atoms with van der Waals surface area (Å²) in [5, 5.41) is 3.18. The molecule has 140 valence electrons. The lowest BCUT2D eigenvalue weighted by molar-refractivity contribution is 0.0606. The van der Waals surface area contributed by atoms with Crippen LogP contribution < -0.4 is 5.32 Å². The van der Waals surface area contributed by atoms with E-state index >= 15 is 0 Å². The summed E-state index contributed by atoms with van der Waals surface area (Å²) in [6, 6.07) is 12.3.